The van der Waals surface area contributed by atoms with Crippen molar-refractivity contribution >= 4 is 29.1 Å². The standard InChI is InChI=1S/C16H16Cl2N2O2/c1-2-22-13-5-3-4-11(8-13)6-7-19-16(21)12-9-14(17)20-15(18)10-12/h3-5,8-10H,2,6-7H2,1H3,(H,19,21). The van der Waals surface area contributed by atoms with Crippen molar-refractivity contribution in [2.75, 3.05) is 13.2 Å². The Kier molecular flexibility index (Phi) is 6.04. The average molecular weight is 339 g/mol. The van der Waals surface area contributed by atoms with Crippen molar-refractivity contribution in [1.82, 2.24) is 10.3 Å². The van der Waals surface area contributed by atoms with Gasteiger partial charge in [0.2, 0.25) is 0 Å². The van der Waals surface area contributed by atoms with Gasteiger partial charge in [0, 0.05) is 12.1 Å². The quantitative estimate of drug-likeness (QED) is 0.816. The summed E-state index contributed by atoms with van der Waals surface area (Å²) in [6.07, 6.45) is 0.708. The molecule has 1 aromatic carbocycles. The van der Waals surface area contributed by atoms with Gasteiger partial charge in [-0.2, -0.15) is 0 Å². The summed E-state index contributed by atoms with van der Waals surface area (Å²) < 4.78 is 5.45. The third-order valence-electron chi connectivity index (χ3n) is 2.93. The van der Waals surface area contributed by atoms with E-state index in [0.29, 0.717) is 25.1 Å². The number of carbonyl (C=O) groups excluding carboxylic acids is 1. The van der Waals surface area contributed by atoms with E-state index in [4.69, 9.17) is 27.9 Å². The highest BCUT2D eigenvalue weighted by Crippen LogP contribution is 2.15. The molecular weight excluding hydrogens is 323 g/mol. The fourth-order valence-electron chi connectivity index (χ4n) is 1.98. The fraction of sp³-hybridized carbons (Fsp3) is 0.250. The first-order chi connectivity index (χ1) is 10.6. The summed E-state index contributed by atoms with van der Waals surface area (Å²) in [6.45, 7) is 3.08. The van der Waals surface area contributed by atoms with Crippen LogP contribution in [0.2, 0.25) is 10.3 Å². The van der Waals surface area contributed by atoms with Crippen LogP contribution >= 0.6 is 23.2 Å². The van der Waals surface area contributed by atoms with Crippen molar-refractivity contribution < 1.29 is 9.53 Å². The average Bonchev–Trinajstić information content (AvgIpc) is 2.47. The molecule has 0 aliphatic heterocycles. The molecule has 0 saturated carbocycles. The maximum absolute atomic E-state index is 12.0. The molecule has 1 amide bonds. The summed E-state index contributed by atoms with van der Waals surface area (Å²) in [6, 6.07) is 10.8. The van der Waals surface area contributed by atoms with Crippen LogP contribution in [0.5, 0.6) is 5.75 Å². The number of benzene rings is 1. The van der Waals surface area contributed by atoms with E-state index in [0.717, 1.165) is 11.3 Å². The van der Waals surface area contributed by atoms with E-state index in [2.05, 4.69) is 10.3 Å². The molecule has 0 aliphatic rings. The molecule has 0 bridgehead atoms. The maximum Gasteiger partial charge on any atom is 0.251 e. The minimum atomic E-state index is -0.229. The van der Waals surface area contributed by atoms with Crippen molar-refractivity contribution in [3.05, 3.63) is 57.8 Å². The largest absolute Gasteiger partial charge is 0.494 e. The van der Waals surface area contributed by atoms with Crippen molar-refractivity contribution in [2.45, 2.75) is 13.3 Å². The summed E-state index contributed by atoms with van der Waals surface area (Å²) in [5.74, 6) is 0.603. The van der Waals surface area contributed by atoms with Gasteiger partial charge in [0.1, 0.15) is 16.1 Å². The summed E-state index contributed by atoms with van der Waals surface area (Å²) in [7, 11) is 0. The Morgan fingerprint density at radius 2 is 1.95 bits per heavy atom. The van der Waals surface area contributed by atoms with Gasteiger partial charge in [0.05, 0.1) is 6.61 Å². The lowest BCUT2D eigenvalue weighted by atomic mass is 10.1. The van der Waals surface area contributed by atoms with E-state index < -0.39 is 0 Å². The summed E-state index contributed by atoms with van der Waals surface area (Å²) in [5, 5.41) is 3.22. The third kappa shape index (κ3) is 4.90. The molecule has 1 heterocycles. The van der Waals surface area contributed by atoms with Crippen molar-refractivity contribution in [3.63, 3.8) is 0 Å². The first-order valence-corrected chi connectivity index (χ1v) is 7.67. The molecule has 0 unspecified atom stereocenters. The predicted octanol–water partition coefficient (Wildman–Crippen LogP) is 3.76. The smallest absolute Gasteiger partial charge is 0.251 e. The van der Waals surface area contributed by atoms with E-state index in [1.54, 1.807) is 0 Å². The Bertz CT molecular complexity index is 642. The summed E-state index contributed by atoms with van der Waals surface area (Å²) in [5.41, 5.74) is 1.49. The number of halogens is 2. The molecule has 2 aromatic rings. The lowest BCUT2D eigenvalue weighted by Crippen LogP contribution is -2.25. The zero-order chi connectivity index (χ0) is 15.9. The molecule has 1 N–H and O–H groups in total. The zero-order valence-electron chi connectivity index (χ0n) is 12.1. The van der Waals surface area contributed by atoms with Crippen molar-refractivity contribution in [3.8, 4) is 5.75 Å². The van der Waals surface area contributed by atoms with Crippen LogP contribution in [0.1, 0.15) is 22.8 Å². The molecule has 0 fully saturated rings. The molecular formula is C16H16Cl2N2O2. The van der Waals surface area contributed by atoms with E-state index >= 15 is 0 Å². The minimum Gasteiger partial charge on any atom is -0.494 e. The minimum absolute atomic E-state index is 0.196. The number of rotatable bonds is 6. The van der Waals surface area contributed by atoms with Crippen molar-refractivity contribution in [1.29, 1.82) is 0 Å². The molecule has 0 radical (unpaired) electrons. The topological polar surface area (TPSA) is 51.2 Å². The highest BCUT2D eigenvalue weighted by Gasteiger charge is 2.08. The highest BCUT2D eigenvalue weighted by atomic mass is 35.5. The molecule has 22 heavy (non-hydrogen) atoms. The first-order valence-electron chi connectivity index (χ1n) is 6.91. The second kappa shape index (κ2) is 8.01. The number of ether oxygens (including phenoxy) is 1. The Morgan fingerprint density at radius 1 is 1.23 bits per heavy atom. The number of hydrogen-bond acceptors (Lipinski definition) is 3. The van der Waals surface area contributed by atoms with Gasteiger partial charge in [-0.25, -0.2) is 4.98 Å². The Hall–Kier alpha value is -1.78. The summed E-state index contributed by atoms with van der Waals surface area (Å²) in [4.78, 5) is 15.8. The van der Waals surface area contributed by atoms with Crippen LogP contribution in [-0.2, 0) is 6.42 Å². The molecule has 0 spiro atoms. The summed E-state index contributed by atoms with van der Waals surface area (Å²) >= 11 is 11.6. The van der Waals surface area contributed by atoms with Crippen LogP contribution in [0.25, 0.3) is 0 Å². The molecule has 6 heteroatoms. The Labute approximate surface area is 139 Å². The second-order valence-electron chi connectivity index (χ2n) is 4.59. The highest BCUT2D eigenvalue weighted by molar-refractivity contribution is 6.33. The van der Waals surface area contributed by atoms with Crippen LogP contribution in [0.4, 0.5) is 0 Å². The van der Waals surface area contributed by atoms with Gasteiger partial charge in [0.25, 0.3) is 5.91 Å². The van der Waals surface area contributed by atoms with Crippen LogP contribution in [0.15, 0.2) is 36.4 Å². The Balaban J connectivity index is 1.90. The molecule has 2 rings (SSSR count). The molecule has 4 nitrogen and oxygen atoms in total. The number of nitrogens with one attached hydrogen (secondary N) is 1. The SMILES string of the molecule is CCOc1cccc(CCNC(=O)c2cc(Cl)nc(Cl)c2)c1. The Morgan fingerprint density at radius 3 is 2.64 bits per heavy atom. The van der Waals surface area contributed by atoms with Crippen LogP contribution in [0, 0.1) is 0 Å². The number of hydrogen-bond donors (Lipinski definition) is 1. The first kappa shape index (κ1) is 16.6. The number of pyridine rings is 1. The predicted molar refractivity (Wildman–Crippen MR) is 87.9 cm³/mol. The fourth-order valence-corrected chi connectivity index (χ4v) is 2.44. The second-order valence-corrected chi connectivity index (χ2v) is 5.36. The van der Waals surface area contributed by atoms with Gasteiger partial charge in [-0.05, 0) is 43.2 Å². The maximum atomic E-state index is 12.0. The number of nitrogens with zero attached hydrogens (tertiary/aromatic N) is 1. The van der Waals surface area contributed by atoms with E-state index in [1.807, 2.05) is 31.2 Å². The van der Waals surface area contributed by atoms with Gasteiger partial charge < -0.3 is 10.1 Å². The van der Waals surface area contributed by atoms with E-state index in [-0.39, 0.29) is 16.2 Å². The van der Waals surface area contributed by atoms with Crippen LogP contribution in [0.3, 0.4) is 0 Å². The van der Waals surface area contributed by atoms with Gasteiger partial charge in [-0.1, -0.05) is 35.3 Å². The van der Waals surface area contributed by atoms with Gasteiger partial charge in [0.15, 0.2) is 0 Å². The molecule has 116 valence electrons. The van der Waals surface area contributed by atoms with Gasteiger partial charge in [-0.15, -0.1) is 0 Å². The van der Waals surface area contributed by atoms with E-state index in [1.165, 1.54) is 12.1 Å². The van der Waals surface area contributed by atoms with Gasteiger partial charge in [-0.3, -0.25) is 4.79 Å². The van der Waals surface area contributed by atoms with Gasteiger partial charge >= 0.3 is 0 Å². The molecule has 1 aromatic heterocycles. The number of carbonyl (C=O) groups is 1. The normalized spacial score (nSPS) is 10.3. The van der Waals surface area contributed by atoms with Crippen LogP contribution in [-0.4, -0.2) is 24.0 Å². The number of amides is 1. The lowest BCUT2D eigenvalue weighted by molar-refractivity contribution is 0.0954. The van der Waals surface area contributed by atoms with E-state index in [9.17, 15) is 4.79 Å². The van der Waals surface area contributed by atoms with Crippen molar-refractivity contribution in [2.24, 2.45) is 0 Å². The monoisotopic (exact) mass is 338 g/mol. The third-order valence-corrected chi connectivity index (χ3v) is 3.32. The number of aromatic nitrogens is 1. The lowest BCUT2D eigenvalue weighted by Gasteiger charge is -2.08. The van der Waals surface area contributed by atoms with Crippen LogP contribution < -0.4 is 10.1 Å². The molecule has 0 saturated heterocycles. The molecule has 0 aliphatic carbocycles. The molecule has 0 atom stereocenters. The zero-order valence-corrected chi connectivity index (χ0v) is 13.6.